The molecular weight excluding hydrogens is 486 g/mol. The van der Waals surface area contributed by atoms with E-state index in [-0.39, 0.29) is 11.7 Å². The molecule has 4 rings (SSSR count). The molecule has 2 aromatic heterocycles. The smallest absolute Gasteiger partial charge is 0.234 e. The van der Waals surface area contributed by atoms with Crippen molar-refractivity contribution in [2.75, 3.05) is 29.1 Å². The number of hydrogen-bond donors (Lipinski definition) is 1. The van der Waals surface area contributed by atoms with Gasteiger partial charge in [-0.2, -0.15) is 0 Å². The first kappa shape index (κ1) is 24.3. The van der Waals surface area contributed by atoms with Crippen molar-refractivity contribution in [1.82, 2.24) is 14.8 Å². The van der Waals surface area contributed by atoms with Crippen molar-refractivity contribution < 1.29 is 4.79 Å². The summed E-state index contributed by atoms with van der Waals surface area (Å²) < 4.78 is 1.99. The number of nitrogens with zero attached hydrogens (tertiary/aromatic N) is 4. The summed E-state index contributed by atoms with van der Waals surface area (Å²) in [6.07, 6.45) is 0.666. The molecule has 0 saturated carbocycles. The van der Waals surface area contributed by atoms with Crippen LogP contribution in [0.3, 0.4) is 0 Å². The Balaban J connectivity index is 1.46. The summed E-state index contributed by atoms with van der Waals surface area (Å²) in [5.41, 5.74) is 2.83. The summed E-state index contributed by atoms with van der Waals surface area (Å²) in [4.78, 5) is 16.1. The minimum absolute atomic E-state index is 0.0916. The van der Waals surface area contributed by atoms with E-state index < -0.39 is 0 Å². The van der Waals surface area contributed by atoms with E-state index in [1.54, 1.807) is 11.3 Å². The van der Waals surface area contributed by atoms with Gasteiger partial charge in [0.05, 0.1) is 5.75 Å². The predicted molar refractivity (Wildman–Crippen MR) is 143 cm³/mol. The second-order valence-corrected chi connectivity index (χ2v) is 9.93. The van der Waals surface area contributed by atoms with Gasteiger partial charge in [0, 0.05) is 46.5 Å². The molecule has 0 bridgehead atoms. The number of carbonyl (C=O) groups excluding carboxylic acids is 1. The van der Waals surface area contributed by atoms with E-state index in [1.807, 2.05) is 64.5 Å². The lowest BCUT2D eigenvalue weighted by Gasteiger charge is -2.21. The minimum Gasteiger partial charge on any atom is -0.372 e. The Hall–Kier alpha value is -2.81. The van der Waals surface area contributed by atoms with E-state index >= 15 is 0 Å². The van der Waals surface area contributed by atoms with Crippen LogP contribution in [-0.4, -0.2) is 39.5 Å². The lowest BCUT2D eigenvalue weighted by Crippen LogP contribution is -2.21. The lowest BCUT2D eigenvalue weighted by molar-refractivity contribution is -0.113. The number of thiophene rings is 1. The van der Waals surface area contributed by atoms with Gasteiger partial charge in [-0.05, 0) is 73.8 Å². The number of amides is 1. The highest BCUT2D eigenvalue weighted by Crippen LogP contribution is 2.26. The third kappa shape index (κ3) is 6.00. The van der Waals surface area contributed by atoms with Crippen LogP contribution in [0.2, 0.25) is 5.02 Å². The van der Waals surface area contributed by atoms with Crippen LogP contribution in [0.1, 0.15) is 24.5 Å². The van der Waals surface area contributed by atoms with Crippen molar-refractivity contribution in [3.63, 3.8) is 0 Å². The van der Waals surface area contributed by atoms with Crippen LogP contribution in [0, 0.1) is 0 Å². The molecule has 0 aliphatic carbocycles. The van der Waals surface area contributed by atoms with Crippen LogP contribution < -0.4 is 10.2 Å². The molecule has 0 radical (unpaired) electrons. The third-order valence-electron chi connectivity index (χ3n) is 5.31. The molecule has 4 aromatic rings. The van der Waals surface area contributed by atoms with Crippen LogP contribution in [0.25, 0.3) is 5.69 Å². The van der Waals surface area contributed by atoms with Gasteiger partial charge < -0.3 is 10.2 Å². The summed E-state index contributed by atoms with van der Waals surface area (Å²) in [5, 5.41) is 15.2. The topological polar surface area (TPSA) is 63.1 Å². The molecule has 9 heteroatoms. The second-order valence-electron chi connectivity index (χ2n) is 7.52. The van der Waals surface area contributed by atoms with Gasteiger partial charge in [0.25, 0.3) is 0 Å². The number of aromatic nitrogens is 3. The molecule has 1 amide bonds. The zero-order valence-electron chi connectivity index (χ0n) is 19.1. The first-order valence-corrected chi connectivity index (χ1v) is 13.3. The summed E-state index contributed by atoms with van der Waals surface area (Å²) >= 11 is 9.14. The summed E-state index contributed by atoms with van der Waals surface area (Å²) in [6, 6.07) is 19.6. The largest absolute Gasteiger partial charge is 0.372 e. The molecule has 2 aromatic carbocycles. The summed E-state index contributed by atoms with van der Waals surface area (Å²) in [7, 11) is 0. The Morgan fingerprint density at radius 1 is 1.06 bits per heavy atom. The van der Waals surface area contributed by atoms with Crippen molar-refractivity contribution in [3.8, 4) is 5.69 Å². The molecule has 1 N–H and O–H groups in total. The average molecular weight is 512 g/mol. The number of anilines is 2. The van der Waals surface area contributed by atoms with Gasteiger partial charge in [-0.15, -0.1) is 21.5 Å². The van der Waals surface area contributed by atoms with Gasteiger partial charge >= 0.3 is 0 Å². The molecule has 2 heterocycles. The zero-order chi connectivity index (χ0) is 23.9. The molecule has 0 unspecified atom stereocenters. The van der Waals surface area contributed by atoms with Crippen molar-refractivity contribution in [3.05, 3.63) is 81.8 Å². The highest BCUT2D eigenvalue weighted by atomic mass is 35.5. The number of benzene rings is 2. The van der Waals surface area contributed by atoms with Crippen molar-refractivity contribution in [2.45, 2.75) is 25.4 Å². The van der Waals surface area contributed by atoms with Gasteiger partial charge in [-0.1, -0.05) is 29.4 Å². The third-order valence-corrected chi connectivity index (χ3v) is 7.37. The van der Waals surface area contributed by atoms with E-state index in [0.717, 1.165) is 36.0 Å². The van der Waals surface area contributed by atoms with E-state index in [2.05, 4.69) is 40.3 Å². The number of carbonyl (C=O) groups is 1. The summed E-state index contributed by atoms with van der Waals surface area (Å²) in [5.74, 6) is 0.952. The molecule has 0 aliphatic rings. The predicted octanol–water partition coefficient (Wildman–Crippen LogP) is 6.15. The molecule has 176 valence electrons. The normalized spacial score (nSPS) is 10.9. The highest BCUT2D eigenvalue weighted by Gasteiger charge is 2.17. The van der Waals surface area contributed by atoms with Gasteiger partial charge in [-0.3, -0.25) is 9.36 Å². The molecule has 0 atom stereocenters. The van der Waals surface area contributed by atoms with Crippen LogP contribution in [0.5, 0.6) is 0 Å². The quantitative estimate of drug-likeness (QED) is 0.259. The molecule has 0 fully saturated rings. The number of nitrogens with one attached hydrogen (secondary N) is 1. The van der Waals surface area contributed by atoms with E-state index in [9.17, 15) is 4.79 Å². The summed E-state index contributed by atoms with van der Waals surface area (Å²) in [6.45, 7) is 6.15. The van der Waals surface area contributed by atoms with Gasteiger partial charge in [0.15, 0.2) is 5.16 Å². The highest BCUT2D eigenvalue weighted by molar-refractivity contribution is 7.99. The molecular formula is C25H26ClN5OS2. The Morgan fingerprint density at radius 3 is 2.44 bits per heavy atom. The van der Waals surface area contributed by atoms with Crippen molar-refractivity contribution in [1.29, 1.82) is 0 Å². The lowest BCUT2D eigenvalue weighted by atomic mass is 10.2. The van der Waals surface area contributed by atoms with Crippen LogP contribution in [0.15, 0.2) is 71.2 Å². The molecule has 0 spiro atoms. The monoisotopic (exact) mass is 511 g/mol. The Bertz CT molecular complexity index is 1200. The average Bonchev–Trinajstić information content (AvgIpc) is 3.50. The first-order valence-electron chi connectivity index (χ1n) is 11.1. The van der Waals surface area contributed by atoms with E-state index in [4.69, 9.17) is 11.6 Å². The maximum absolute atomic E-state index is 12.7. The maximum atomic E-state index is 12.7. The Labute approximate surface area is 213 Å². The molecule has 6 nitrogen and oxygen atoms in total. The SMILES string of the molecule is CCN(CC)c1ccc(NC(=O)CSc2nnc(Cc3cccs3)n2-c2ccc(Cl)cc2)cc1. The van der Waals surface area contributed by atoms with Crippen LogP contribution in [0.4, 0.5) is 11.4 Å². The number of rotatable bonds is 10. The number of hydrogen-bond acceptors (Lipinski definition) is 6. The molecule has 0 aliphatic heterocycles. The fourth-order valence-corrected chi connectivity index (χ4v) is 5.20. The molecule has 34 heavy (non-hydrogen) atoms. The van der Waals surface area contributed by atoms with Crippen molar-refractivity contribution >= 4 is 52.0 Å². The first-order chi connectivity index (χ1) is 16.6. The van der Waals surface area contributed by atoms with Crippen LogP contribution in [-0.2, 0) is 11.2 Å². The number of thioether (sulfide) groups is 1. The minimum atomic E-state index is -0.0916. The second kappa shape index (κ2) is 11.6. The van der Waals surface area contributed by atoms with Gasteiger partial charge in [0.2, 0.25) is 5.91 Å². The van der Waals surface area contributed by atoms with Gasteiger partial charge in [-0.25, -0.2) is 0 Å². The standard InChI is InChI=1S/C25H26ClN5OS2/c1-3-30(4-2)20-13-9-19(10-14-20)27-24(32)17-34-25-29-28-23(16-22-6-5-15-33-22)31(25)21-11-7-18(26)8-12-21/h5-15H,3-4,16-17H2,1-2H3,(H,27,32). The number of halogens is 1. The van der Waals surface area contributed by atoms with Crippen LogP contribution >= 0.6 is 34.7 Å². The zero-order valence-corrected chi connectivity index (χ0v) is 21.5. The van der Waals surface area contributed by atoms with Crippen molar-refractivity contribution in [2.24, 2.45) is 0 Å². The molecule has 0 saturated heterocycles. The van der Waals surface area contributed by atoms with E-state index in [1.165, 1.54) is 16.6 Å². The van der Waals surface area contributed by atoms with Gasteiger partial charge in [0.1, 0.15) is 5.82 Å². The fraction of sp³-hybridized carbons (Fsp3) is 0.240. The fourth-order valence-electron chi connectivity index (χ4n) is 3.60. The van der Waals surface area contributed by atoms with E-state index in [0.29, 0.717) is 16.6 Å². The Morgan fingerprint density at radius 2 is 1.79 bits per heavy atom. The maximum Gasteiger partial charge on any atom is 0.234 e. The Kier molecular flexibility index (Phi) is 8.26.